The maximum Gasteiger partial charge on any atom is 0.315 e. The molecule has 1 aliphatic carbocycles. The van der Waals surface area contributed by atoms with Crippen molar-refractivity contribution in [3.63, 3.8) is 0 Å². The fourth-order valence-electron chi connectivity index (χ4n) is 1.72. The van der Waals surface area contributed by atoms with Gasteiger partial charge < -0.3 is 10.6 Å². The van der Waals surface area contributed by atoms with Gasteiger partial charge in [0.05, 0.1) is 0 Å². The van der Waals surface area contributed by atoms with E-state index >= 15 is 0 Å². The molecular weight excluding hydrogens is 140 g/mol. The van der Waals surface area contributed by atoms with Crippen LogP contribution in [0.1, 0.15) is 12.8 Å². The van der Waals surface area contributed by atoms with Crippen LogP contribution in [0.2, 0.25) is 0 Å². The molecule has 2 N–H and O–H groups in total. The summed E-state index contributed by atoms with van der Waals surface area (Å²) in [6.45, 7) is 0.834. The monoisotopic (exact) mass is 152 g/mol. The minimum absolute atomic E-state index is 0.0125. The molecular formula is C8H12N2O. The molecule has 0 saturated carbocycles. The summed E-state index contributed by atoms with van der Waals surface area (Å²) in [5.41, 5.74) is 0. The van der Waals surface area contributed by atoms with Gasteiger partial charge in [-0.2, -0.15) is 0 Å². The second kappa shape index (κ2) is 2.57. The molecule has 2 aliphatic rings. The molecule has 1 saturated heterocycles. The maximum absolute atomic E-state index is 10.9. The Bertz CT molecular complexity index is 200. The van der Waals surface area contributed by atoms with Crippen molar-refractivity contribution < 1.29 is 4.79 Å². The van der Waals surface area contributed by atoms with Crippen molar-refractivity contribution in [1.29, 1.82) is 0 Å². The van der Waals surface area contributed by atoms with Crippen LogP contribution in [-0.2, 0) is 0 Å². The Morgan fingerprint density at radius 2 is 2.18 bits per heavy atom. The van der Waals surface area contributed by atoms with Crippen LogP contribution < -0.4 is 10.6 Å². The van der Waals surface area contributed by atoms with E-state index < -0.39 is 0 Å². The number of fused-ring (bicyclic) bond motifs is 1. The summed E-state index contributed by atoms with van der Waals surface area (Å²) < 4.78 is 0. The second-order valence-corrected chi connectivity index (χ2v) is 3.16. The molecule has 0 aromatic carbocycles. The molecule has 1 fully saturated rings. The van der Waals surface area contributed by atoms with Crippen molar-refractivity contribution in [2.45, 2.75) is 18.9 Å². The zero-order valence-corrected chi connectivity index (χ0v) is 6.34. The van der Waals surface area contributed by atoms with Crippen molar-refractivity contribution in [3.8, 4) is 0 Å². The lowest BCUT2D eigenvalue weighted by Crippen LogP contribution is -2.55. The largest absolute Gasteiger partial charge is 0.338 e. The second-order valence-electron chi connectivity index (χ2n) is 3.16. The molecule has 0 aromatic heterocycles. The number of rotatable bonds is 0. The third-order valence-corrected chi connectivity index (χ3v) is 2.41. The average Bonchev–Trinajstić information content (AvgIpc) is 2.04. The first-order valence-corrected chi connectivity index (χ1v) is 4.05. The molecule has 0 aromatic rings. The van der Waals surface area contributed by atoms with Crippen molar-refractivity contribution in [3.05, 3.63) is 12.2 Å². The molecule has 60 valence electrons. The van der Waals surface area contributed by atoms with Crippen LogP contribution in [0.25, 0.3) is 0 Å². The normalized spacial score (nSPS) is 35.5. The topological polar surface area (TPSA) is 41.1 Å². The van der Waals surface area contributed by atoms with Gasteiger partial charge in [-0.05, 0) is 12.8 Å². The molecule has 1 heterocycles. The fraction of sp³-hybridized carbons (Fsp3) is 0.625. The highest BCUT2D eigenvalue weighted by Crippen LogP contribution is 2.20. The van der Waals surface area contributed by atoms with Gasteiger partial charge in [-0.3, -0.25) is 0 Å². The van der Waals surface area contributed by atoms with Crippen LogP contribution in [0.3, 0.4) is 0 Å². The molecule has 3 nitrogen and oxygen atoms in total. The van der Waals surface area contributed by atoms with Gasteiger partial charge in [-0.1, -0.05) is 12.2 Å². The highest BCUT2D eigenvalue weighted by Gasteiger charge is 2.27. The number of nitrogens with one attached hydrogen (secondary N) is 2. The third kappa shape index (κ3) is 1.23. The summed E-state index contributed by atoms with van der Waals surface area (Å²) >= 11 is 0. The Morgan fingerprint density at radius 1 is 1.36 bits per heavy atom. The number of carbonyl (C=O) groups excluding carboxylic acids is 1. The molecule has 0 radical (unpaired) electrons. The summed E-state index contributed by atoms with van der Waals surface area (Å²) in [5.74, 6) is 0.609. The predicted octanol–water partition coefficient (Wildman–Crippen LogP) is 0.634. The van der Waals surface area contributed by atoms with Crippen LogP contribution in [-0.4, -0.2) is 18.6 Å². The van der Waals surface area contributed by atoms with Gasteiger partial charge in [-0.25, -0.2) is 4.79 Å². The van der Waals surface area contributed by atoms with Crippen molar-refractivity contribution in [2.24, 2.45) is 5.92 Å². The smallest absolute Gasteiger partial charge is 0.315 e. The number of amides is 2. The predicted molar refractivity (Wildman–Crippen MR) is 42.2 cm³/mol. The summed E-state index contributed by atoms with van der Waals surface area (Å²) in [7, 11) is 0. The lowest BCUT2D eigenvalue weighted by Gasteiger charge is -2.33. The lowest BCUT2D eigenvalue weighted by molar-refractivity contribution is 0.212. The van der Waals surface area contributed by atoms with Gasteiger partial charge in [0.25, 0.3) is 0 Å². The Hall–Kier alpha value is -0.990. The van der Waals surface area contributed by atoms with E-state index in [1.54, 1.807) is 0 Å². The van der Waals surface area contributed by atoms with E-state index in [0.717, 1.165) is 19.4 Å². The first-order valence-electron chi connectivity index (χ1n) is 4.05. The van der Waals surface area contributed by atoms with Crippen LogP contribution >= 0.6 is 0 Å². The van der Waals surface area contributed by atoms with Gasteiger partial charge in [-0.15, -0.1) is 0 Å². The zero-order chi connectivity index (χ0) is 7.68. The number of carbonyl (C=O) groups is 1. The molecule has 2 atom stereocenters. The van der Waals surface area contributed by atoms with E-state index in [4.69, 9.17) is 0 Å². The molecule has 3 heteroatoms. The summed E-state index contributed by atoms with van der Waals surface area (Å²) in [4.78, 5) is 10.9. The van der Waals surface area contributed by atoms with Crippen LogP contribution in [0.4, 0.5) is 4.79 Å². The standard InChI is InChI=1S/C8H12N2O/c11-8-9-5-6-3-1-2-4-7(6)10-8/h1-2,6-7H,3-5H2,(H2,9,10,11)/t6-,7-/m0/s1. The van der Waals surface area contributed by atoms with E-state index in [9.17, 15) is 4.79 Å². The van der Waals surface area contributed by atoms with E-state index in [2.05, 4.69) is 22.8 Å². The van der Waals surface area contributed by atoms with Crippen molar-refractivity contribution >= 4 is 6.03 Å². The SMILES string of the molecule is O=C1NC[C@@H]2CC=CC[C@@H]2N1. The number of urea groups is 1. The molecule has 2 rings (SSSR count). The Labute approximate surface area is 65.9 Å². The maximum atomic E-state index is 10.9. The minimum Gasteiger partial charge on any atom is -0.338 e. The molecule has 0 unspecified atom stereocenters. The van der Waals surface area contributed by atoms with E-state index in [1.165, 1.54) is 0 Å². The minimum atomic E-state index is -0.0125. The average molecular weight is 152 g/mol. The van der Waals surface area contributed by atoms with Crippen LogP contribution in [0, 0.1) is 5.92 Å². The van der Waals surface area contributed by atoms with Crippen molar-refractivity contribution in [2.75, 3.05) is 6.54 Å². The molecule has 1 aliphatic heterocycles. The number of allylic oxidation sites excluding steroid dienone is 1. The lowest BCUT2D eigenvalue weighted by atomic mass is 9.88. The van der Waals surface area contributed by atoms with Gasteiger partial charge in [0.15, 0.2) is 0 Å². The third-order valence-electron chi connectivity index (χ3n) is 2.41. The molecule has 0 bridgehead atoms. The van der Waals surface area contributed by atoms with Gasteiger partial charge in [0, 0.05) is 18.5 Å². The highest BCUT2D eigenvalue weighted by atomic mass is 16.2. The highest BCUT2D eigenvalue weighted by molar-refractivity contribution is 5.75. The summed E-state index contributed by atoms with van der Waals surface area (Å²) in [6.07, 6.45) is 6.43. The van der Waals surface area contributed by atoms with Gasteiger partial charge in [0.1, 0.15) is 0 Å². The van der Waals surface area contributed by atoms with Gasteiger partial charge in [0.2, 0.25) is 0 Å². The molecule has 0 spiro atoms. The Kier molecular flexibility index (Phi) is 1.56. The summed E-state index contributed by atoms with van der Waals surface area (Å²) in [5, 5.41) is 5.71. The number of hydrogen-bond acceptors (Lipinski definition) is 1. The Morgan fingerprint density at radius 3 is 3.09 bits per heavy atom. The zero-order valence-electron chi connectivity index (χ0n) is 6.34. The quantitative estimate of drug-likeness (QED) is 0.491. The van der Waals surface area contributed by atoms with E-state index in [1.807, 2.05) is 0 Å². The fourth-order valence-corrected chi connectivity index (χ4v) is 1.72. The molecule has 2 amide bonds. The molecule has 11 heavy (non-hydrogen) atoms. The van der Waals surface area contributed by atoms with E-state index in [-0.39, 0.29) is 6.03 Å². The van der Waals surface area contributed by atoms with E-state index in [0.29, 0.717) is 12.0 Å². The van der Waals surface area contributed by atoms with Crippen LogP contribution in [0.5, 0.6) is 0 Å². The van der Waals surface area contributed by atoms with Gasteiger partial charge >= 0.3 is 6.03 Å². The van der Waals surface area contributed by atoms with Crippen molar-refractivity contribution in [1.82, 2.24) is 10.6 Å². The number of hydrogen-bond donors (Lipinski definition) is 2. The van der Waals surface area contributed by atoms with Crippen LogP contribution in [0.15, 0.2) is 12.2 Å². The first-order chi connectivity index (χ1) is 5.36. The Balaban J connectivity index is 2.06. The summed E-state index contributed by atoms with van der Waals surface area (Å²) in [6, 6.07) is 0.371. The first kappa shape index (κ1) is 6.70.